The summed E-state index contributed by atoms with van der Waals surface area (Å²) in [5, 5.41) is 3.24. The topological polar surface area (TPSA) is 24.9 Å². The highest BCUT2D eigenvalue weighted by molar-refractivity contribution is 7.16. The minimum Gasteiger partial charge on any atom is -0.382 e. The maximum Gasteiger partial charge on any atom is 0.0813 e. The first-order chi connectivity index (χ1) is 6.40. The fraction of sp³-hybridized carbons (Fsp3) is 0.100. The van der Waals surface area contributed by atoms with Crippen molar-refractivity contribution in [2.24, 2.45) is 0 Å². The second kappa shape index (κ2) is 3.58. The summed E-state index contributed by atoms with van der Waals surface area (Å²) in [6.45, 7) is 4.45. The monoisotopic (exact) mass is 190 g/mol. The second-order valence-electron chi connectivity index (χ2n) is 2.70. The zero-order valence-corrected chi connectivity index (χ0v) is 7.97. The summed E-state index contributed by atoms with van der Waals surface area (Å²) in [6.07, 6.45) is 1.84. The van der Waals surface area contributed by atoms with Crippen molar-refractivity contribution in [3.63, 3.8) is 0 Å². The number of nitrogens with one attached hydrogen (secondary N) is 1. The van der Waals surface area contributed by atoms with Crippen molar-refractivity contribution < 1.29 is 0 Å². The molecule has 13 heavy (non-hydrogen) atoms. The molecule has 66 valence electrons. The molecule has 1 aromatic carbocycles. The van der Waals surface area contributed by atoms with Gasteiger partial charge < -0.3 is 5.32 Å². The van der Waals surface area contributed by atoms with Crippen LogP contribution >= 0.6 is 11.3 Å². The Morgan fingerprint density at radius 3 is 3.31 bits per heavy atom. The molecular formula is C10H10N2S. The van der Waals surface area contributed by atoms with Crippen LogP contribution in [0.4, 0.5) is 5.69 Å². The first-order valence-corrected chi connectivity index (χ1v) is 4.96. The zero-order valence-electron chi connectivity index (χ0n) is 7.16. The van der Waals surface area contributed by atoms with Crippen LogP contribution in [0.2, 0.25) is 0 Å². The van der Waals surface area contributed by atoms with Crippen LogP contribution in [0.3, 0.4) is 0 Å². The molecule has 0 bridgehead atoms. The van der Waals surface area contributed by atoms with Gasteiger partial charge in [-0.2, -0.15) is 0 Å². The number of thiazole rings is 1. The van der Waals surface area contributed by atoms with Crippen molar-refractivity contribution in [2.75, 3.05) is 11.9 Å². The van der Waals surface area contributed by atoms with Crippen molar-refractivity contribution in [3.05, 3.63) is 36.4 Å². The summed E-state index contributed by atoms with van der Waals surface area (Å²) in [6, 6.07) is 6.17. The van der Waals surface area contributed by atoms with E-state index in [2.05, 4.69) is 22.9 Å². The molecule has 0 fully saturated rings. The first-order valence-electron chi connectivity index (χ1n) is 4.08. The molecule has 0 spiro atoms. The third-order valence-corrected chi connectivity index (χ3v) is 2.57. The molecule has 1 heterocycles. The van der Waals surface area contributed by atoms with E-state index in [9.17, 15) is 0 Å². The van der Waals surface area contributed by atoms with Crippen LogP contribution in [-0.2, 0) is 0 Å². The number of aromatic nitrogens is 1. The lowest BCUT2D eigenvalue weighted by molar-refractivity contribution is 1.35. The Morgan fingerprint density at radius 1 is 1.54 bits per heavy atom. The highest BCUT2D eigenvalue weighted by Gasteiger charge is 1.96. The van der Waals surface area contributed by atoms with E-state index in [-0.39, 0.29) is 0 Å². The van der Waals surface area contributed by atoms with Crippen molar-refractivity contribution in [1.82, 2.24) is 4.98 Å². The number of hydrogen-bond acceptors (Lipinski definition) is 3. The van der Waals surface area contributed by atoms with Gasteiger partial charge in [-0.3, -0.25) is 0 Å². The standard InChI is InChI=1S/C10H10N2S/c1-2-5-11-8-3-4-9-10(6-8)13-7-12-9/h2-4,6-7,11H,1,5H2. The number of benzene rings is 1. The highest BCUT2D eigenvalue weighted by Crippen LogP contribution is 2.21. The lowest BCUT2D eigenvalue weighted by atomic mass is 10.3. The van der Waals surface area contributed by atoms with Crippen LogP contribution in [0.15, 0.2) is 36.4 Å². The molecule has 2 aromatic rings. The van der Waals surface area contributed by atoms with Crippen molar-refractivity contribution >= 4 is 27.2 Å². The Hall–Kier alpha value is -1.35. The van der Waals surface area contributed by atoms with Crippen LogP contribution in [-0.4, -0.2) is 11.5 Å². The molecule has 0 amide bonds. The molecule has 1 aromatic heterocycles. The van der Waals surface area contributed by atoms with Gasteiger partial charge in [-0.1, -0.05) is 6.08 Å². The predicted molar refractivity (Wildman–Crippen MR) is 58.3 cm³/mol. The fourth-order valence-corrected chi connectivity index (χ4v) is 1.87. The van der Waals surface area contributed by atoms with Crippen LogP contribution in [0.1, 0.15) is 0 Å². The summed E-state index contributed by atoms with van der Waals surface area (Å²) in [7, 11) is 0. The minimum absolute atomic E-state index is 0.796. The number of fused-ring (bicyclic) bond motifs is 1. The predicted octanol–water partition coefficient (Wildman–Crippen LogP) is 2.89. The molecule has 0 aliphatic carbocycles. The second-order valence-corrected chi connectivity index (χ2v) is 3.59. The van der Waals surface area contributed by atoms with Gasteiger partial charge in [-0.15, -0.1) is 17.9 Å². The maximum atomic E-state index is 4.21. The number of hydrogen-bond donors (Lipinski definition) is 1. The van der Waals surface area contributed by atoms with E-state index in [0.717, 1.165) is 17.7 Å². The van der Waals surface area contributed by atoms with E-state index in [0.29, 0.717) is 0 Å². The van der Waals surface area contributed by atoms with E-state index >= 15 is 0 Å². The lowest BCUT2D eigenvalue weighted by Gasteiger charge is -2.01. The molecule has 0 saturated heterocycles. The average Bonchev–Trinajstić information content (AvgIpc) is 2.61. The van der Waals surface area contributed by atoms with Gasteiger partial charge in [0.2, 0.25) is 0 Å². The number of nitrogens with zero attached hydrogens (tertiary/aromatic N) is 1. The van der Waals surface area contributed by atoms with Gasteiger partial charge in [-0.25, -0.2) is 4.98 Å². The van der Waals surface area contributed by atoms with Crippen molar-refractivity contribution in [3.8, 4) is 0 Å². The van der Waals surface area contributed by atoms with Crippen LogP contribution in [0, 0.1) is 0 Å². The molecular weight excluding hydrogens is 180 g/mol. The Labute approximate surface area is 80.9 Å². The van der Waals surface area contributed by atoms with Crippen molar-refractivity contribution in [1.29, 1.82) is 0 Å². The van der Waals surface area contributed by atoms with E-state index < -0.39 is 0 Å². The summed E-state index contributed by atoms with van der Waals surface area (Å²) >= 11 is 1.66. The SMILES string of the molecule is C=CCNc1ccc2ncsc2c1. The summed E-state index contributed by atoms with van der Waals surface area (Å²) < 4.78 is 1.22. The van der Waals surface area contributed by atoms with Gasteiger partial charge in [0, 0.05) is 12.2 Å². The molecule has 0 aliphatic heterocycles. The maximum absolute atomic E-state index is 4.21. The van der Waals surface area contributed by atoms with Gasteiger partial charge >= 0.3 is 0 Å². The molecule has 0 atom stereocenters. The average molecular weight is 190 g/mol. The van der Waals surface area contributed by atoms with Gasteiger partial charge in [0.15, 0.2) is 0 Å². The molecule has 2 nitrogen and oxygen atoms in total. The van der Waals surface area contributed by atoms with E-state index in [4.69, 9.17) is 0 Å². The molecule has 0 unspecified atom stereocenters. The van der Waals surface area contributed by atoms with E-state index in [1.165, 1.54) is 4.70 Å². The van der Waals surface area contributed by atoms with Gasteiger partial charge in [-0.05, 0) is 18.2 Å². The Bertz CT molecular complexity index is 420. The molecule has 0 aliphatic rings. The summed E-state index contributed by atoms with van der Waals surface area (Å²) in [4.78, 5) is 4.21. The van der Waals surface area contributed by atoms with Crippen molar-refractivity contribution in [2.45, 2.75) is 0 Å². The molecule has 3 heteroatoms. The fourth-order valence-electron chi connectivity index (χ4n) is 1.16. The van der Waals surface area contributed by atoms with Crippen LogP contribution in [0.25, 0.3) is 10.2 Å². The van der Waals surface area contributed by atoms with Crippen LogP contribution < -0.4 is 5.32 Å². The summed E-state index contributed by atoms with van der Waals surface area (Å²) in [5.74, 6) is 0. The Morgan fingerprint density at radius 2 is 2.46 bits per heavy atom. The summed E-state index contributed by atoms with van der Waals surface area (Å²) in [5.41, 5.74) is 4.05. The van der Waals surface area contributed by atoms with Gasteiger partial charge in [0.1, 0.15) is 0 Å². The Kier molecular flexibility index (Phi) is 2.27. The number of anilines is 1. The highest BCUT2D eigenvalue weighted by atomic mass is 32.1. The number of rotatable bonds is 3. The van der Waals surface area contributed by atoms with Crippen LogP contribution in [0.5, 0.6) is 0 Å². The minimum atomic E-state index is 0.796. The largest absolute Gasteiger partial charge is 0.382 e. The lowest BCUT2D eigenvalue weighted by Crippen LogP contribution is -1.96. The third-order valence-electron chi connectivity index (χ3n) is 1.78. The van der Waals surface area contributed by atoms with Gasteiger partial charge in [0.05, 0.1) is 15.7 Å². The normalized spacial score (nSPS) is 10.2. The molecule has 0 radical (unpaired) electrons. The van der Waals surface area contributed by atoms with E-state index in [1.807, 2.05) is 23.7 Å². The molecule has 2 rings (SSSR count). The van der Waals surface area contributed by atoms with Gasteiger partial charge in [0.25, 0.3) is 0 Å². The zero-order chi connectivity index (χ0) is 9.10. The Balaban J connectivity index is 2.31. The quantitative estimate of drug-likeness (QED) is 0.753. The molecule has 1 N–H and O–H groups in total. The first kappa shape index (κ1) is 8.26. The van der Waals surface area contributed by atoms with E-state index in [1.54, 1.807) is 11.3 Å². The smallest absolute Gasteiger partial charge is 0.0813 e. The third kappa shape index (κ3) is 1.70. The molecule has 0 saturated carbocycles.